The summed E-state index contributed by atoms with van der Waals surface area (Å²) < 4.78 is 40.6. The highest BCUT2D eigenvalue weighted by Crippen LogP contribution is 2.34. The van der Waals surface area contributed by atoms with Crippen molar-refractivity contribution in [3.05, 3.63) is 35.9 Å². The molecular weight excluding hydrogens is 339 g/mol. The van der Waals surface area contributed by atoms with E-state index in [4.69, 9.17) is 0 Å². The van der Waals surface area contributed by atoms with E-state index >= 15 is 0 Å². The minimum absolute atomic E-state index is 0.200. The summed E-state index contributed by atoms with van der Waals surface area (Å²) in [5, 5.41) is 3.26. The van der Waals surface area contributed by atoms with Gasteiger partial charge in [0.25, 0.3) is 11.6 Å². The number of carbonyl (C=O) groups is 3. The average Bonchev–Trinajstić information content (AvgIpc) is 2.77. The predicted molar refractivity (Wildman–Crippen MR) is 82.2 cm³/mol. The fraction of sp³-hybridized carbons (Fsp3) is 0.438. The maximum absolute atomic E-state index is 13.5. The van der Waals surface area contributed by atoms with Crippen LogP contribution in [0.3, 0.4) is 0 Å². The third-order valence-electron chi connectivity index (χ3n) is 3.83. The number of rotatable bonds is 5. The highest BCUT2D eigenvalue weighted by molar-refractivity contribution is 6.09. The summed E-state index contributed by atoms with van der Waals surface area (Å²) in [7, 11) is 0. The number of nitrogens with one attached hydrogen (secondary N) is 2. The molecule has 1 aliphatic rings. The van der Waals surface area contributed by atoms with Crippen LogP contribution in [0.15, 0.2) is 30.3 Å². The Bertz CT molecular complexity index is 676. The fourth-order valence-corrected chi connectivity index (χ4v) is 2.34. The summed E-state index contributed by atoms with van der Waals surface area (Å²) in [6.45, 7) is 2.53. The van der Waals surface area contributed by atoms with E-state index in [1.165, 1.54) is 13.8 Å². The Balaban J connectivity index is 2.24. The van der Waals surface area contributed by atoms with E-state index in [0.29, 0.717) is 4.90 Å². The number of hydrogen-bond donors (Lipinski definition) is 2. The Morgan fingerprint density at radius 1 is 1.24 bits per heavy atom. The molecule has 2 N–H and O–H groups in total. The van der Waals surface area contributed by atoms with E-state index < -0.39 is 35.6 Å². The lowest BCUT2D eigenvalue weighted by Crippen LogP contribution is -2.70. The molecule has 0 unspecified atom stereocenters. The molecule has 136 valence electrons. The number of amides is 4. The molecule has 1 aromatic rings. The fourth-order valence-electron chi connectivity index (χ4n) is 2.34. The minimum atomic E-state index is -5.17. The second-order valence-corrected chi connectivity index (χ2v) is 6.01. The van der Waals surface area contributed by atoms with Gasteiger partial charge in [-0.2, -0.15) is 13.2 Å². The molecule has 0 aromatic heterocycles. The molecule has 6 nitrogen and oxygen atoms in total. The van der Waals surface area contributed by atoms with E-state index in [1.807, 2.05) is 0 Å². The minimum Gasteiger partial charge on any atom is -0.318 e. The summed E-state index contributed by atoms with van der Waals surface area (Å²) in [5.41, 5.74) is -2.67. The van der Waals surface area contributed by atoms with Gasteiger partial charge in [0.2, 0.25) is 5.91 Å². The first-order chi connectivity index (χ1) is 11.6. The number of imide groups is 1. The zero-order valence-electron chi connectivity index (χ0n) is 13.7. The molecule has 4 amide bonds. The largest absolute Gasteiger partial charge is 0.440 e. The van der Waals surface area contributed by atoms with E-state index in [1.54, 1.807) is 41.0 Å². The van der Waals surface area contributed by atoms with E-state index in [9.17, 15) is 27.6 Å². The summed E-state index contributed by atoms with van der Waals surface area (Å²) >= 11 is 0. The Hall–Kier alpha value is -2.58. The second kappa shape index (κ2) is 6.73. The molecule has 1 aliphatic heterocycles. The smallest absolute Gasteiger partial charge is 0.318 e. The summed E-state index contributed by atoms with van der Waals surface area (Å²) in [4.78, 5) is 36.6. The molecule has 0 radical (unpaired) electrons. The Morgan fingerprint density at radius 2 is 1.84 bits per heavy atom. The van der Waals surface area contributed by atoms with Gasteiger partial charge in [-0.15, -0.1) is 0 Å². The van der Waals surface area contributed by atoms with Gasteiger partial charge < -0.3 is 5.32 Å². The molecule has 1 fully saturated rings. The quantitative estimate of drug-likeness (QED) is 0.789. The van der Waals surface area contributed by atoms with Gasteiger partial charge in [0.15, 0.2) is 0 Å². The normalized spacial score (nSPS) is 20.8. The Morgan fingerprint density at radius 3 is 2.36 bits per heavy atom. The third-order valence-corrected chi connectivity index (χ3v) is 3.83. The zero-order chi connectivity index (χ0) is 18.8. The van der Waals surface area contributed by atoms with Crippen molar-refractivity contribution in [2.45, 2.75) is 32.1 Å². The van der Waals surface area contributed by atoms with E-state index in [-0.39, 0.29) is 13.0 Å². The molecule has 2 rings (SSSR count). The maximum atomic E-state index is 13.5. The molecule has 1 aromatic carbocycles. The molecule has 25 heavy (non-hydrogen) atoms. The third kappa shape index (κ3) is 3.59. The van der Waals surface area contributed by atoms with Crippen LogP contribution in [0.2, 0.25) is 0 Å². The van der Waals surface area contributed by atoms with Gasteiger partial charge in [-0.3, -0.25) is 19.8 Å². The Labute approximate surface area is 142 Å². The van der Waals surface area contributed by atoms with Crippen molar-refractivity contribution in [3.8, 4) is 0 Å². The van der Waals surface area contributed by atoms with Gasteiger partial charge in [0.1, 0.15) is 0 Å². The topological polar surface area (TPSA) is 78.5 Å². The monoisotopic (exact) mass is 357 g/mol. The molecule has 1 atom stereocenters. The van der Waals surface area contributed by atoms with Crippen LogP contribution in [0.25, 0.3) is 0 Å². The maximum Gasteiger partial charge on any atom is 0.440 e. The van der Waals surface area contributed by atoms with Crippen LogP contribution in [-0.2, 0) is 16.0 Å². The predicted octanol–water partition coefficient (Wildman–Crippen LogP) is 1.81. The first-order valence-corrected chi connectivity index (χ1v) is 7.65. The van der Waals surface area contributed by atoms with Crippen LogP contribution in [0.1, 0.15) is 19.4 Å². The highest BCUT2D eigenvalue weighted by Gasteiger charge is 2.68. The summed E-state index contributed by atoms with van der Waals surface area (Å²) in [6, 6.07) is 7.52. The first-order valence-electron chi connectivity index (χ1n) is 7.65. The molecule has 1 heterocycles. The van der Waals surface area contributed by atoms with Gasteiger partial charge in [-0.25, -0.2) is 4.79 Å². The van der Waals surface area contributed by atoms with Crippen molar-refractivity contribution in [1.29, 1.82) is 0 Å². The Kier molecular flexibility index (Phi) is 5.05. The number of benzene rings is 1. The van der Waals surface area contributed by atoms with Gasteiger partial charge in [-0.1, -0.05) is 44.2 Å². The molecular formula is C16H18F3N3O3. The number of hydrogen-bond acceptors (Lipinski definition) is 3. The number of carbonyl (C=O) groups excluding carboxylic acids is 3. The molecule has 9 heteroatoms. The summed E-state index contributed by atoms with van der Waals surface area (Å²) in [5.74, 6) is -3.31. The van der Waals surface area contributed by atoms with Crippen LogP contribution in [0, 0.1) is 5.92 Å². The van der Waals surface area contributed by atoms with E-state index in [0.717, 1.165) is 5.56 Å². The van der Waals surface area contributed by atoms with Crippen molar-refractivity contribution < 1.29 is 27.6 Å². The van der Waals surface area contributed by atoms with Crippen LogP contribution >= 0.6 is 0 Å². The van der Waals surface area contributed by atoms with Crippen molar-refractivity contribution in [1.82, 2.24) is 15.5 Å². The van der Waals surface area contributed by atoms with Crippen molar-refractivity contribution in [2.75, 3.05) is 6.54 Å². The molecule has 1 saturated heterocycles. The number of nitrogens with zero attached hydrogens (tertiary/aromatic N) is 1. The number of halogens is 3. The SMILES string of the molecule is CC(C)C(=O)N[C@@]1(C(F)(F)F)NC(=O)N(CCc2ccccc2)C1=O. The van der Waals surface area contributed by atoms with Gasteiger partial charge in [0.05, 0.1) is 0 Å². The first kappa shape index (κ1) is 18.8. The standard InChI is InChI=1S/C16H18F3N3O3/c1-10(2)12(23)20-15(16(17,18)19)13(24)22(14(25)21-15)9-8-11-6-4-3-5-7-11/h3-7,10H,8-9H2,1-2H3,(H,20,23)(H,21,25)/t15-/m1/s1. The van der Waals surface area contributed by atoms with Crippen molar-refractivity contribution >= 4 is 17.8 Å². The number of urea groups is 1. The van der Waals surface area contributed by atoms with Gasteiger partial charge in [-0.05, 0) is 12.0 Å². The number of alkyl halides is 3. The van der Waals surface area contributed by atoms with Crippen LogP contribution in [0.5, 0.6) is 0 Å². The lowest BCUT2D eigenvalue weighted by Gasteiger charge is -2.30. The highest BCUT2D eigenvalue weighted by atomic mass is 19.4. The average molecular weight is 357 g/mol. The molecule has 0 bridgehead atoms. The van der Waals surface area contributed by atoms with Crippen molar-refractivity contribution in [2.24, 2.45) is 5.92 Å². The second-order valence-electron chi connectivity index (χ2n) is 6.01. The lowest BCUT2D eigenvalue weighted by molar-refractivity contribution is -0.204. The molecule has 0 saturated carbocycles. The molecule has 0 spiro atoms. The molecule has 0 aliphatic carbocycles. The summed E-state index contributed by atoms with van der Waals surface area (Å²) in [6.07, 6.45) is -4.97. The zero-order valence-corrected chi connectivity index (χ0v) is 13.7. The van der Waals surface area contributed by atoms with Crippen LogP contribution in [-0.4, -0.2) is 41.1 Å². The van der Waals surface area contributed by atoms with Crippen molar-refractivity contribution in [3.63, 3.8) is 0 Å². The van der Waals surface area contributed by atoms with Crippen LogP contribution in [0.4, 0.5) is 18.0 Å². The van der Waals surface area contributed by atoms with Gasteiger partial charge >= 0.3 is 12.2 Å². The van der Waals surface area contributed by atoms with Crippen LogP contribution < -0.4 is 10.6 Å². The van der Waals surface area contributed by atoms with Gasteiger partial charge in [0, 0.05) is 12.5 Å². The lowest BCUT2D eigenvalue weighted by atomic mass is 10.1. The van der Waals surface area contributed by atoms with E-state index in [2.05, 4.69) is 0 Å².